The van der Waals surface area contributed by atoms with Gasteiger partial charge in [0.15, 0.2) is 0 Å². The molecule has 0 unspecified atom stereocenters. The number of nitrogens with two attached hydrogens (primary N) is 1. The van der Waals surface area contributed by atoms with Crippen molar-refractivity contribution < 1.29 is 0 Å². The van der Waals surface area contributed by atoms with E-state index in [0.29, 0.717) is 6.42 Å². The quantitative estimate of drug-likeness (QED) is 0.277. The fraction of sp³-hybridized carbons (Fsp3) is 0.0690. The Labute approximate surface area is 188 Å². The van der Waals surface area contributed by atoms with Gasteiger partial charge in [-0.25, -0.2) is 4.98 Å². The predicted octanol–water partition coefficient (Wildman–Crippen LogP) is 5.90. The number of hydrogen-bond donors (Lipinski definition) is 1. The summed E-state index contributed by atoms with van der Waals surface area (Å²) in [5.41, 5.74) is 11.0. The molecule has 0 atom stereocenters. The molecule has 1 heterocycles. The van der Waals surface area contributed by atoms with E-state index in [2.05, 4.69) is 108 Å². The summed E-state index contributed by atoms with van der Waals surface area (Å²) < 4.78 is 2.32. The molecule has 5 rings (SSSR count). The highest BCUT2D eigenvalue weighted by molar-refractivity contribution is 5.51. The van der Waals surface area contributed by atoms with Crippen LogP contribution in [0, 0.1) is 0 Å². The number of rotatable bonds is 6. The van der Waals surface area contributed by atoms with E-state index in [0.717, 1.165) is 17.1 Å². The van der Waals surface area contributed by atoms with Gasteiger partial charge in [-0.15, -0.1) is 0 Å². The molecule has 0 aliphatic rings. The van der Waals surface area contributed by atoms with E-state index >= 15 is 0 Å². The lowest BCUT2D eigenvalue weighted by atomic mass is 9.76. The van der Waals surface area contributed by atoms with Crippen molar-refractivity contribution in [2.75, 3.05) is 5.73 Å². The molecule has 0 saturated carbocycles. The van der Waals surface area contributed by atoms with Crippen LogP contribution in [0.15, 0.2) is 128 Å². The molecule has 0 saturated heterocycles. The number of imidazole rings is 1. The Morgan fingerprint density at radius 1 is 0.656 bits per heavy atom. The van der Waals surface area contributed by atoms with Gasteiger partial charge in [0.25, 0.3) is 0 Å². The summed E-state index contributed by atoms with van der Waals surface area (Å²) in [4.78, 5) is 4.81. The highest BCUT2D eigenvalue weighted by atomic mass is 15.1. The van der Waals surface area contributed by atoms with Crippen molar-refractivity contribution in [3.8, 4) is 0 Å². The Hall–Kier alpha value is -4.11. The minimum Gasteiger partial charge on any atom is -0.399 e. The largest absolute Gasteiger partial charge is 0.399 e. The SMILES string of the molecule is Nc1cccc(Cc2nccn2C(c2ccccc2)(c2ccccc2)c2ccccc2)c1. The molecule has 156 valence electrons. The van der Waals surface area contributed by atoms with Crippen LogP contribution in [-0.4, -0.2) is 9.55 Å². The van der Waals surface area contributed by atoms with Gasteiger partial charge in [0, 0.05) is 24.5 Å². The summed E-state index contributed by atoms with van der Waals surface area (Å²) >= 11 is 0. The fourth-order valence-electron chi connectivity index (χ4n) is 4.61. The molecule has 1 aromatic heterocycles. The Kier molecular flexibility index (Phi) is 5.30. The molecule has 0 spiro atoms. The Morgan fingerprint density at radius 2 is 1.19 bits per heavy atom. The standard InChI is InChI=1S/C29H25N3/c30-27-18-10-11-23(21-27)22-28-31-19-20-32(28)29(24-12-4-1-5-13-24,25-14-6-2-7-15-25)26-16-8-3-9-17-26/h1-21H,22,30H2. The van der Waals surface area contributed by atoms with Crippen molar-refractivity contribution in [1.29, 1.82) is 0 Å². The van der Waals surface area contributed by atoms with Crippen LogP contribution in [0.2, 0.25) is 0 Å². The monoisotopic (exact) mass is 415 g/mol. The highest BCUT2D eigenvalue weighted by Gasteiger charge is 2.39. The predicted molar refractivity (Wildman–Crippen MR) is 130 cm³/mol. The van der Waals surface area contributed by atoms with E-state index in [1.165, 1.54) is 16.7 Å². The molecule has 32 heavy (non-hydrogen) atoms. The van der Waals surface area contributed by atoms with Gasteiger partial charge in [0.1, 0.15) is 11.4 Å². The number of nitrogens with zero attached hydrogens (tertiary/aromatic N) is 2. The molecule has 0 amide bonds. The van der Waals surface area contributed by atoms with Gasteiger partial charge < -0.3 is 10.3 Å². The van der Waals surface area contributed by atoms with Gasteiger partial charge >= 0.3 is 0 Å². The van der Waals surface area contributed by atoms with Crippen LogP contribution in [-0.2, 0) is 12.0 Å². The zero-order valence-corrected chi connectivity index (χ0v) is 17.8. The zero-order chi connectivity index (χ0) is 21.8. The summed E-state index contributed by atoms with van der Waals surface area (Å²) in [5.74, 6) is 0.979. The minimum atomic E-state index is -0.560. The first-order valence-electron chi connectivity index (χ1n) is 10.8. The number of aromatic nitrogens is 2. The van der Waals surface area contributed by atoms with E-state index in [-0.39, 0.29) is 0 Å². The topological polar surface area (TPSA) is 43.8 Å². The van der Waals surface area contributed by atoms with Gasteiger partial charge in [-0.05, 0) is 34.4 Å². The van der Waals surface area contributed by atoms with E-state index in [1.807, 2.05) is 24.4 Å². The molecule has 0 fully saturated rings. The molecule has 2 N–H and O–H groups in total. The maximum atomic E-state index is 6.06. The Bertz CT molecular complexity index is 1200. The maximum absolute atomic E-state index is 6.06. The first-order chi connectivity index (χ1) is 15.8. The summed E-state index contributed by atoms with van der Waals surface area (Å²) in [5, 5.41) is 0. The molecular weight excluding hydrogens is 390 g/mol. The summed E-state index contributed by atoms with van der Waals surface area (Å²) in [6.07, 6.45) is 4.67. The van der Waals surface area contributed by atoms with Crippen LogP contribution in [0.3, 0.4) is 0 Å². The zero-order valence-electron chi connectivity index (χ0n) is 17.8. The van der Waals surface area contributed by atoms with Crippen LogP contribution in [0.25, 0.3) is 0 Å². The first kappa shape index (κ1) is 19.8. The second-order valence-corrected chi connectivity index (χ2v) is 7.94. The van der Waals surface area contributed by atoms with Gasteiger partial charge in [-0.2, -0.15) is 0 Å². The summed E-state index contributed by atoms with van der Waals surface area (Å²) in [7, 11) is 0. The van der Waals surface area contributed by atoms with Crippen LogP contribution >= 0.6 is 0 Å². The molecule has 0 radical (unpaired) electrons. The first-order valence-corrected chi connectivity index (χ1v) is 10.8. The molecular formula is C29H25N3. The average Bonchev–Trinajstić information content (AvgIpc) is 3.30. The molecule has 5 aromatic rings. The number of nitrogen functional groups attached to an aromatic ring is 1. The van der Waals surface area contributed by atoms with Gasteiger partial charge in [-0.3, -0.25) is 0 Å². The van der Waals surface area contributed by atoms with Crippen LogP contribution in [0.5, 0.6) is 0 Å². The van der Waals surface area contributed by atoms with E-state index < -0.39 is 5.54 Å². The lowest BCUT2D eigenvalue weighted by Gasteiger charge is -2.38. The molecule has 4 aromatic carbocycles. The third-order valence-corrected chi connectivity index (χ3v) is 5.97. The van der Waals surface area contributed by atoms with Crippen molar-refractivity contribution in [3.05, 3.63) is 156 Å². The van der Waals surface area contributed by atoms with Crippen molar-refractivity contribution >= 4 is 5.69 Å². The maximum Gasteiger partial charge on any atom is 0.121 e. The highest BCUT2D eigenvalue weighted by Crippen LogP contribution is 2.41. The lowest BCUT2D eigenvalue weighted by Crippen LogP contribution is -2.38. The van der Waals surface area contributed by atoms with Crippen molar-refractivity contribution in [1.82, 2.24) is 9.55 Å². The lowest BCUT2D eigenvalue weighted by molar-refractivity contribution is 0.496. The van der Waals surface area contributed by atoms with Crippen molar-refractivity contribution in [2.24, 2.45) is 0 Å². The number of hydrogen-bond acceptors (Lipinski definition) is 2. The smallest absolute Gasteiger partial charge is 0.121 e. The number of benzene rings is 4. The normalized spacial score (nSPS) is 11.4. The fourth-order valence-corrected chi connectivity index (χ4v) is 4.61. The summed E-state index contributed by atoms with van der Waals surface area (Å²) in [6, 6.07) is 40.0. The molecule has 3 nitrogen and oxygen atoms in total. The Balaban J connectivity index is 1.80. The second-order valence-electron chi connectivity index (χ2n) is 7.94. The van der Waals surface area contributed by atoms with Gasteiger partial charge in [-0.1, -0.05) is 103 Å². The average molecular weight is 416 g/mol. The Morgan fingerprint density at radius 3 is 1.69 bits per heavy atom. The molecule has 0 aliphatic heterocycles. The summed E-state index contributed by atoms with van der Waals surface area (Å²) in [6.45, 7) is 0. The van der Waals surface area contributed by atoms with Crippen LogP contribution < -0.4 is 5.73 Å². The van der Waals surface area contributed by atoms with Crippen LogP contribution in [0.4, 0.5) is 5.69 Å². The minimum absolute atomic E-state index is 0.560. The second kappa shape index (κ2) is 8.56. The van der Waals surface area contributed by atoms with Crippen LogP contribution in [0.1, 0.15) is 28.1 Å². The van der Waals surface area contributed by atoms with Gasteiger partial charge in [0.2, 0.25) is 0 Å². The van der Waals surface area contributed by atoms with Crippen molar-refractivity contribution in [2.45, 2.75) is 12.0 Å². The third-order valence-electron chi connectivity index (χ3n) is 5.97. The van der Waals surface area contributed by atoms with Crippen molar-refractivity contribution in [3.63, 3.8) is 0 Å². The van der Waals surface area contributed by atoms with E-state index in [1.54, 1.807) is 0 Å². The molecule has 0 aliphatic carbocycles. The van der Waals surface area contributed by atoms with E-state index in [4.69, 9.17) is 10.7 Å². The molecule has 0 bridgehead atoms. The molecule has 3 heteroatoms. The van der Waals surface area contributed by atoms with Gasteiger partial charge in [0.05, 0.1) is 0 Å². The third kappa shape index (κ3) is 3.48. The number of anilines is 1. The van der Waals surface area contributed by atoms with E-state index in [9.17, 15) is 0 Å².